The Morgan fingerprint density at radius 3 is 2.52 bits per heavy atom. The van der Waals surface area contributed by atoms with Crippen LogP contribution < -0.4 is 0 Å². The maximum absolute atomic E-state index is 12.7. The lowest BCUT2D eigenvalue weighted by Gasteiger charge is -2.24. The number of hydrogen-bond donors (Lipinski definition) is 0. The van der Waals surface area contributed by atoms with Crippen LogP contribution in [0.3, 0.4) is 0 Å². The van der Waals surface area contributed by atoms with Crippen molar-refractivity contribution in [2.75, 3.05) is 7.05 Å². The van der Waals surface area contributed by atoms with Crippen LogP contribution in [0.25, 0.3) is 0 Å². The van der Waals surface area contributed by atoms with Crippen molar-refractivity contribution in [2.24, 2.45) is 0 Å². The van der Waals surface area contributed by atoms with Crippen molar-refractivity contribution in [2.45, 2.75) is 59.2 Å². The molecule has 2 aromatic rings. The number of rotatable bonds is 6. The highest BCUT2D eigenvalue weighted by Crippen LogP contribution is 2.19. The maximum atomic E-state index is 12.7. The average Bonchev–Trinajstić information content (AvgIpc) is 3.14. The van der Waals surface area contributed by atoms with Gasteiger partial charge in [0, 0.05) is 31.4 Å². The Morgan fingerprint density at radius 2 is 1.91 bits per heavy atom. The first-order valence-corrected chi connectivity index (χ1v) is 7.99. The van der Waals surface area contributed by atoms with Gasteiger partial charge in [-0.25, -0.2) is 4.98 Å². The molecule has 0 saturated heterocycles. The molecule has 0 aliphatic carbocycles. The highest BCUT2D eigenvalue weighted by Gasteiger charge is 2.23. The molecule has 1 atom stereocenters. The maximum Gasteiger partial charge on any atom is 0.245 e. The molecule has 0 spiro atoms. The fraction of sp³-hybridized carbons (Fsp3) is 0.625. The van der Waals surface area contributed by atoms with E-state index in [9.17, 15) is 4.79 Å². The third kappa shape index (κ3) is 3.60. The fourth-order valence-corrected chi connectivity index (χ4v) is 2.64. The van der Waals surface area contributed by atoms with Crippen molar-refractivity contribution in [3.05, 3.63) is 30.4 Å². The van der Waals surface area contributed by atoms with E-state index in [0.29, 0.717) is 6.54 Å². The van der Waals surface area contributed by atoms with Gasteiger partial charge < -0.3 is 14.0 Å². The van der Waals surface area contributed by atoms with E-state index in [1.54, 1.807) is 24.5 Å². The van der Waals surface area contributed by atoms with Gasteiger partial charge in [-0.1, -0.05) is 13.8 Å². The second kappa shape index (κ2) is 6.93. The van der Waals surface area contributed by atoms with Crippen LogP contribution >= 0.6 is 0 Å². The summed E-state index contributed by atoms with van der Waals surface area (Å²) in [5, 5.41) is 8.08. The van der Waals surface area contributed by atoms with Crippen molar-refractivity contribution in [3.8, 4) is 0 Å². The van der Waals surface area contributed by atoms with Crippen LogP contribution in [-0.4, -0.2) is 42.2 Å². The Balaban J connectivity index is 2.13. The summed E-state index contributed by atoms with van der Waals surface area (Å²) < 4.78 is 3.92. The zero-order valence-corrected chi connectivity index (χ0v) is 14.8. The third-order valence-corrected chi connectivity index (χ3v) is 3.95. The fourth-order valence-electron chi connectivity index (χ4n) is 2.64. The summed E-state index contributed by atoms with van der Waals surface area (Å²) in [6, 6.07) is -0.0301. The molecule has 0 radical (unpaired) electrons. The molecule has 0 unspecified atom stereocenters. The van der Waals surface area contributed by atoms with Crippen molar-refractivity contribution in [1.29, 1.82) is 0 Å². The Hall–Kier alpha value is -2.18. The third-order valence-electron chi connectivity index (χ3n) is 3.95. The van der Waals surface area contributed by atoms with Crippen LogP contribution in [0.4, 0.5) is 0 Å². The van der Waals surface area contributed by atoms with E-state index in [1.165, 1.54) is 0 Å². The molecule has 0 aliphatic rings. The number of carbonyl (C=O) groups is 1. The predicted octanol–water partition coefficient (Wildman–Crippen LogP) is 2.40. The van der Waals surface area contributed by atoms with Gasteiger partial charge in [-0.2, -0.15) is 0 Å². The molecule has 2 heterocycles. The lowest BCUT2D eigenvalue weighted by Crippen LogP contribution is -2.34. The van der Waals surface area contributed by atoms with Gasteiger partial charge in [-0.3, -0.25) is 4.79 Å². The largest absolute Gasteiger partial charge is 0.336 e. The predicted molar refractivity (Wildman–Crippen MR) is 87.9 cm³/mol. The molecule has 126 valence electrons. The minimum Gasteiger partial charge on any atom is -0.336 e. The number of hydrogen-bond acceptors (Lipinski definition) is 4. The highest BCUT2D eigenvalue weighted by molar-refractivity contribution is 5.79. The molecule has 0 fully saturated rings. The van der Waals surface area contributed by atoms with Crippen molar-refractivity contribution < 1.29 is 4.79 Å². The van der Waals surface area contributed by atoms with Crippen LogP contribution in [0.5, 0.6) is 0 Å². The number of imidazole rings is 1. The van der Waals surface area contributed by atoms with E-state index in [1.807, 2.05) is 22.3 Å². The van der Waals surface area contributed by atoms with E-state index >= 15 is 0 Å². The van der Waals surface area contributed by atoms with Crippen molar-refractivity contribution >= 4 is 5.91 Å². The van der Waals surface area contributed by atoms with Gasteiger partial charge >= 0.3 is 0 Å². The van der Waals surface area contributed by atoms with Gasteiger partial charge in [0.05, 0.1) is 6.54 Å². The topological polar surface area (TPSA) is 68.8 Å². The Labute approximate surface area is 137 Å². The van der Waals surface area contributed by atoms with E-state index in [0.717, 1.165) is 11.6 Å². The first-order valence-electron chi connectivity index (χ1n) is 7.99. The van der Waals surface area contributed by atoms with E-state index in [-0.39, 0.29) is 23.9 Å². The number of aromatic nitrogens is 5. The summed E-state index contributed by atoms with van der Waals surface area (Å²) in [6.45, 7) is 10.6. The summed E-state index contributed by atoms with van der Waals surface area (Å²) in [7, 11) is 1.80. The van der Waals surface area contributed by atoms with Crippen LogP contribution in [0.1, 0.15) is 64.3 Å². The Kier molecular flexibility index (Phi) is 5.18. The summed E-state index contributed by atoms with van der Waals surface area (Å²) in [4.78, 5) is 18.8. The van der Waals surface area contributed by atoms with Crippen LogP contribution in [0.2, 0.25) is 0 Å². The molecule has 23 heavy (non-hydrogen) atoms. The first kappa shape index (κ1) is 17.2. The molecule has 0 N–H and O–H groups in total. The molecule has 7 heteroatoms. The van der Waals surface area contributed by atoms with E-state index < -0.39 is 0 Å². The number of amides is 1. The average molecular weight is 318 g/mol. The van der Waals surface area contributed by atoms with Crippen molar-refractivity contribution in [3.63, 3.8) is 0 Å². The van der Waals surface area contributed by atoms with E-state index in [2.05, 4.69) is 42.9 Å². The number of likely N-dealkylation sites (N-methyl/N-ethyl adjacent to an activating group) is 1. The van der Waals surface area contributed by atoms with E-state index in [4.69, 9.17) is 0 Å². The second-order valence-corrected chi connectivity index (χ2v) is 6.47. The molecule has 2 aromatic heterocycles. The van der Waals surface area contributed by atoms with Crippen molar-refractivity contribution in [1.82, 2.24) is 29.2 Å². The molecule has 7 nitrogen and oxygen atoms in total. The molecular weight excluding hydrogens is 292 g/mol. The molecule has 0 bridgehead atoms. The zero-order valence-electron chi connectivity index (χ0n) is 14.8. The molecule has 2 rings (SSSR count). The van der Waals surface area contributed by atoms with Crippen LogP contribution in [0, 0.1) is 0 Å². The summed E-state index contributed by atoms with van der Waals surface area (Å²) in [5.74, 6) is 2.01. The SMILES string of the molecule is CC(C)c1nccn1[C@@H](C)C(=O)N(C)Cc1nncn1C(C)C. The zero-order chi connectivity index (χ0) is 17.1. The smallest absolute Gasteiger partial charge is 0.245 e. The van der Waals surface area contributed by atoms with Gasteiger partial charge in [0.15, 0.2) is 5.82 Å². The van der Waals surface area contributed by atoms with Gasteiger partial charge in [0.1, 0.15) is 18.2 Å². The molecule has 0 aliphatic heterocycles. The van der Waals surface area contributed by atoms with Gasteiger partial charge in [-0.15, -0.1) is 10.2 Å². The number of carbonyl (C=O) groups excluding carboxylic acids is 1. The summed E-state index contributed by atoms with van der Waals surface area (Å²) in [6.07, 6.45) is 5.31. The molecule has 0 aromatic carbocycles. The summed E-state index contributed by atoms with van der Waals surface area (Å²) in [5.41, 5.74) is 0. The Bertz CT molecular complexity index is 657. The minimum absolute atomic E-state index is 0.0307. The second-order valence-electron chi connectivity index (χ2n) is 6.47. The van der Waals surface area contributed by atoms with Crippen LogP contribution in [-0.2, 0) is 11.3 Å². The molecule has 0 saturated carbocycles. The lowest BCUT2D eigenvalue weighted by atomic mass is 10.2. The van der Waals surface area contributed by atoms with Gasteiger partial charge in [-0.05, 0) is 20.8 Å². The van der Waals surface area contributed by atoms with Gasteiger partial charge in [0.2, 0.25) is 5.91 Å². The highest BCUT2D eigenvalue weighted by atomic mass is 16.2. The monoisotopic (exact) mass is 318 g/mol. The van der Waals surface area contributed by atoms with Crippen LogP contribution in [0.15, 0.2) is 18.7 Å². The summed E-state index contributed by atoms with van der Waals surface area (Å²) >= 11 is 0. The Morgan fingerprint density at radius 1 is 1.22 bits per heavy atom. The lowest BCUT2D eigenvalue weighted by molar-refractivity contribution is -0.133. The quantitative estimate of drug-likeness (QED) is 0.820. The van der Waals surface area contributed by atoms with Gasteiger partial charge in [0.25, 0.3) is 0 Å². The normalized spacial score (nSPS) is 12.9. The minimum atomic E-state index is -0.296. The molecular formula is C16H26N6O. The standard InChI is InChI=1S/C16H26N6O/c1-11(2)15-17-7-8-21(15)13(5)16(23)20(6)9-14-19-18-10-22(14)12(3)4/h7-8,10-13H,9H2,1-6H3/t13-/m0/s1. The molecule has 1 amide bonds. The first-order chi connectivity index (χ1) is 10.8. The number of nitrogens with zero attached hydrogens (tertiary/aromatic N) is 6.